The number of imide groups is 1. The molecule has 1 aromatic rings. The van der Waals surface area contributed by atoms with Gasteiger partial charge in [0.15, 0.2) is 5.92 Å². The number of rotatable bonds is 3. The summed E-state index contributed by atoms with van der Waals surface area (Å²) in [6.45, 7) is 2.59. The molecule has 1 unspecified atom stereocenters. The number of dihydropyridines is 1. The molecule has 3 heterocycles. The fraction of sp³-hybridized carbons (Fsp3) is 0.381. The lowest BCUT2D eigenvalue weighted by atomic mass is 9.99. The molecule has 3 aliphatic rings. The van der Waals surface area contributed by atoms with Gasteiger partial charge in [-0.2, -0.15) is 9.48 Å². The highest BCUT2D eigenvalue weighted by Crippen LogP contribution is 2.35. The summed E-state index contributed by atoms with van der Waals surface area (Å²) < 4.78 is 1.40. The smallest absolute Gasteiger partial charge is 0.311 e. The van der Waals surface area contributed by atoms with Gasteiger partial charge in [-0.25, -0.2) is 4.79 Å². The molecule has 0 N–H and O–H groups in total. The van der Waals surface area contributed by atoms with Crippen molar-refractivity contribution in [1.29, 1.82) is 0 Å². The molecule has 150 valence electrons. The van der Waals surface area contributed by atoms with Gasteiger partial charge in [0.2, 0.25) is 5.91 Å². The molecule has 0 saturated heterocycles. The summed E-state index contributed by atoms with van der Waals surface area (Å²) in [7, 11) is 3.09. The predicted octanol–water partition coefficient (Wildman–Crippen LogP) is 2.31. The minimum Gasteiger partial charge on any atom is -0.311 e. The first kappa shape index (κ1) is 19.6. The molecule has 3 aliphatic heterocycles. The van der Waals surface area contributed by atoms with E-state index in [2.05, 4.69) is 11.1 Å². The zero-order valence-corrected chi connectivity index (χ0v) is 17.5. The number of benzene rings is 1. The van der Waals surface area contributed by atoms with E-state index >= 15 is 0 Å². The highest BCUT2D eigenvalue weighted by atomic mass is 32.2. The normalized spacial score (nSPS) is 21.6. The van der Waals surface area contributed by atoms with E-state index in [1.807, 2.05) is 30.0 Å². The van der Waals surface area contributed by atoms with Gasteiger partial charge in [-0.15, -0.1) is 16.8 Å². The van der Waals surface area contributed by atoms with E-state index in [1.54, 1.807) is 13.3 Å². The van der Waals surface area contributed by atoms with Crippen LogP contribution in [0.4, 0.5) is 10.5 Å². The minimum absolute atomic E-state index is 0.0209. The Hall–Kier alpha value is -2.74. The van der Waals surface area contributed by atoms with Gasteiger partial charge < -0.3 is 4.90 Å². The van der Waals surface area contributed by atoms with Crippen LogP contribution in [0.3, 0.4) is 0 Å². The van der Waals surface area contributed by atoms with Crippen LogP contribution in [-0.2, 0) is 16.0 Å². The van der Waals surface area contributed by atoms with Crippen LogP contribution in [0.25, 0.3) is 0 Å². The fourth-order valence-electron chi connectivity index (χ4n) is 3.97. The number of amides is 4. The molecule has 29 heavy (non-hydrogen) atoms. The fourth-order valence-corrected chi connectivity index (χ4v) is 5.06. The highest BCUT2D eigenvalue weighted by molar-refractivity contribution is 8.03. The van der Waals surface area contributed by atoms with Gasteiger partial charge in [0.25, 0.3) is 5.84 Å². The Morgan fingerprint density at radius 3 is 2.86 bits per heavy atom. The van der Waals surface area contributed by atoms with Crippen molar-refractivity contribution in [3.8, 4) is 0 Å². The summed E-state index contributed by atoms with van der Waals surface area (Å²) in [6.07, 6.45) is 3.59. The molecule has 0 radical (unpaired) electrons. The Morgan fingerprint density at radius 1 is 1.31 bits per heavy atom. The number of anilines is 1. The molecule has 0 saturated carbocycles. The summed E-state index contributed by atoms with van der Waals surface area (Å²) >= 11 is 1.37. The first-order valence-corrected chi connectivity index (χ1v) is 10.6. The van der Waals surface area contributed by atoms with Gasteiger partial charge in [0, 0.05) is 17.1 Å². The second-order valence-electron chi connectivity index (χ2n) is 7.40. The number of nitrogens with zero attached hydrogens (tertiary/aromatic N) is 4. The number of hydrogen-bond donors (Lipinski definition) is 0. The summed E-state index contributed by atoms with van der Waals surface area (Å²) in [6, 6.07) is 7.60. The van der Waals surface area contributed by atoms with Gasteiger partial charge in [0.1, 0.15) is 6.21 Å². The number of aliphatic imine (C=N–C) groups is 1. The van der Waals surface area contributed by atoms with Crippen LogP contribution >= 0.6 is 11.8 Å². The lowest BCUT2D eigenvalue weighted by molar-refractivity contribution is -0.407. The number of aryl methyl sites for hydroxylation is 1. The number of amidine groups is 1. The average molecular weight is 412 g/mol. The molecule has 4 rings (SSSR count). The van der Waals surface area contributed by atoms with Crippen LogP contribution < -0.4 is 4.90 Å². The molecule has 0 aliphatic carbocycles. The predicted molar refractivity (Wildman–Crippen MR) is 114 cm³/mol. The Labute approximate surface area is 173 Å². The molecule has 1 atom stereocenters. The molecule has 7 nitrogen and oxygen atoms in total. The van der Waals surface area contributed by atoms with Gasteiger partial charge in [0.05, 0.1) is 19.8 Å². The summed E-state index contributed by atoms with van der Waals surface area (Å²) in [5.41, 5.74) is 3.02. The Bertz CT molecular complexity index is 1010. The van der Waals surface area contributed by atoms with E-state index in [0.29, 0.717) is 12.4 Å². The molecule has 8 heteroatoms. The van der Waals surface area contributed by atoms with Crippen molar-refractivity contribution in [2.24, 2.45) is 10.9 Å². The molecular weight excluding hydrogens is 388 g/mol. The first-order chi connectivity index (χ1) is 13.9. The van der Waals surface area contributed by atoms with Crippen molar-refractivity contribution >= 4 is 47.3 Å². The quantitative estimate of drug-likeness (QED) is 0.716. The maximum Gasteiger partial charge on any atom is 0.445 e. The summed E-state index contributed by atoms with van der Waals surface area (Å²) in [5.74, 6) is -0.279. The molecule has 4 amide bonds. The van der Waals surface area contributed by atoms with Crippen molar-refractivity contribution in [1.82, 2.24) is 4.90 Å². The Morgan fingerprint density at radius 2 is 2.07 bits per heavy atom. The van der Waals surface area contributed by atoms with Crippen LogP contribution in [0.5, 0.6) is 0 Å². The Kier molecular flexibility index (Phi) is 5.12. The number of hydrogen-bond acceptors (Lipinski definition) is 5. The molecule has 0 aromatic heterocycles. The van der Waals surface area contributed by atoms with Gasteiger partial charge in [-0.3, -0.25) is 9.59 Å². The van der Waals surface area contributed by atoms with Gasteiger partial charge >= 0.3 is 11.9 Å². The Balaban J connectivity index is 1.57. The van der Waals surface area contributed by atoms with Crippen molar-refractivity contribution in [2.45, 2.75) is 19.8 Å². The van der Waals surface area contributed by atoms with Crippen molar-refractivity contribution < 1.29 is 19.0 Å². The molecule has 0 fully saturated rings. The van der Waals surface area contributed by atoms with Gasteiger partial charge in [-0.1, -0.05) is 18.2 Å². The van der Waals surface area contributed by atoms with Crippen LogP contribution in [0, 0.1) is 5.92 Å². The minimum atomic E-state index is -0.640. The van der Waals surface area contributed by atoms with Crippen LogP contribution in [0.15, 0.2) is 39.7 Å². The van der Waals surface area contributed by atoms with Crippen molar-refractivity contribution in [2.75, 3.05) is 31.3 Å². The van der Waals surface area contributed by atoms with E-state index in [9.17, 15) is 14.4 Å². The maximum absolute atomic E-state index is 13.0. The maximum atomic E-state index is 13.0. The van der Waals surface area contributed by atoms with Crippen LogP contribution in [0.2, 0.25) is 0 Å². The standard InChI is InChI=1S/C21H23N4O3S/c1-13-11-22-19-17(20(27)24(3)21(28)23(19)2)18(13)29-12-16(26)25-10-6-8-14-7-4-5-9-15(14)25/h4-5,7,9,11,17H,6,8,10,12H2,1-3H3/q+1. The summed E-state index contributed by atoms with van der Waals surface area (Å²) in [4.78, 5) is 46.1. The number of thioether (sulfide) groups is 1. The third kappa shape index (κ3) is 3.31. The average Bonchev–Trinajstić information content (AvgIpc) is 2.74. The number of para-hydroxylation sites is 1. The topological polar surface area (TPSA) is 73.1 Å². The monoisotopic (exact) mass is 411 g/mol. The molecule has 0 bridgehead atoms. The van der Waals surface area contributed by atoms with Gasteiger partial charge in [-0.05, 0) is 37.0 Å². The van der Waals surface area contributed by atoms with Crippen LogP contribution in [0.1, 0.15) is 18.9 Å². The number of urea groups is 1. The zero-order valence-electron chi connectivity index (χ0n) is 16.7. The lowest BCUT2D eigenvalue weighted by Gasteiger charge is -2.30. The van der Waals surface area contributed by atoms with Crippen molar-refractivity contribution in [3.05, 3.63) is 40.3 Å². The number of allylic oxidation sites excluding steroid dienone is 1. The molecule has 0 spiro atoms. The third-order valence-electron chi connectivity index (χ3n) is 5.56. The molecule has 1 aromatic carbocycles. The van der Waals surface area contributed by atoms with E-state index < -0.39 is 11.9 Å². The highest BCUT2D eigenvalue weighted by Gasteiger charge is 2.48. The second kappa shape index (κ2) is 7.59. The second-order valence-corrected chi connectivity index (χ2v) is 8.42. The van der Waals surface area contributed by atoms with E-state index in [0.717, 1.165) is 33.9 Å². The number of carbonyl (C=O) groups is 3. The molecular formula is C21H23N4O3S+. The van der Waals surface area contributed by atoms with E-state index in [1.165, 1.54) is 28.9 Å². The summed E-state index contributed by atoms with van der Waals surface area (Å²) in [5, 5.41) is 0. The van der Waals surface area contributed by atoms with E-state index in [4.69, 9.17) is 0 Å². The number of fused-ring (bicyclic) bond motifs is 2. The third-order valence-corrected chi connectivity index (χ3v) is 6.82. The lowest BCUT2D eigenvalue weighted by Crippen LogP contribution is -2.52. The zero-order chi connectivity index (χ0) is 20.7. The van der Waals surface area contributed by atoms with Crippen molar-refractivity contribution in [3.63, 3.8) is 0 Å². The SMILES string of the molecule is CC1=C(SCC(=O)N2CCCc3ccccc32)C2C(=O)N(C)C(=O)[N+](C)=C2N=C1. The number of carbonyl (C=O) groups excluding carboxylic acids is 3. The largest absolute Gasteiger partial charge is 0.445 e. The van der Waals surface area contributed by atoms with Crippen LogP contribution in [-0.4, -0.2) is 65.8 Å². The first-order valence-electron chi connectivity index (χ1n) is 9.58. The van der Waals surface area contributed by atoms with E-state index in [-0.39, 0.29) is 17.6 Å².